The largest absolute Gasteiger partial charge is 0.230 e. The van der Waals surface area contributed by atoms with Crippen LogP contribution in [0.3, 0.4) is 0 Å². The molecule has 0 aromatic carbocycles. The Bertz CT molecular complexity index is 316. The van der Waals surface area contributed by atoms with Gasteiger partial charge in [0.15, 0.2) is 0 Å². The number of rotatable bonds is 0. The second-order valence-electron chi connectivity index (χ2n) is 2.99. The van der Waals surface area contributed by atoms with Crippen LogP contribution in [0, 0.1) is 0 Å². The second-order valence-corrected chi connectivity index (χ2v) is 4.72. The molecule has 1 aromatic rings. The topological polar surface area (TPSA) is 25.8 Å². The quantitative estimate of drug-likeness (QED) is 0.603. The summed E-state index contributed by atoms with van der Waals surface area (Å²) in [6.07, 6.45) is 1.53. The Hall–Kier alpha value is -0.280. The number of thioether (sulfide) groups is 1. The first-order valence-electron chi connectivity index (χ1n) is 3.87. The van der Waals surface area contributed by atoms with Gasteiger partial charge in [0.1, 0.15) is 16.5 Å². The molecule has 0 saturated heterocycles. The molecule has 4 heteroatoms. The Morgan fingerprint density at radius 3 is 2.83 bits per heavy atom. The van der Waals surface area contributed by atoms with Crippen LogP contribution >= 0.6 is 23.4 Å². The van der Waals surface area contributed by atoms with Gasteiger partial charge >= 0.3 is 0 Å². The number of nitrogens with zero attached hydrogens (tertiary/aromatic N) is 2. The molecule has 0 N–H and O–H groups in total. The molecule has 0 amide bonds. The Labute approximate surface area is 80.8 Å². The van der Waals surface area contributed by atoms with Crippen molar-refractivity contribution in [1.29, 1.82) is 0 Å². The lowest BCUT2D eigenvalue weighted by atomic mass is 10.0. The van der Waals surface area contributed by atoms with Gasteiger partial charge in [0.05, 0.1) is 0 Å². The van der Waals surface area contributed by atoms with E-state index in [9.17, 15) is 0 Å². The highest BCUT2D eigenvalue weighted by atomic mass is 35.5. The maximum atomic E-state index is 5.97. The number of fused-ring (bicyclic) bond motifs is 1. The lowest BCUT2D eigenvalue weighted by Crippen LogP contribution is -2.01. The van der Waals surface area contributed by atoms with Crippen molar-refractivity contribution >= 4 is 23.4 Å². The highest BCUT2D eigenvalue weighted by Gasteiger charge is 2.30. The molecular weight excluding hydrogens is 192 g/mol. The summed E-state index contributed by atoms with van der Waals surface area (Å²) in [6.45, 7) is 4.35. The Morgan fingerprint density at radius 1 is 1.42 bits per heavy atom. The smallest absolute Gasteiger partial charge is 0.137 e. The maximum Gasteiger partial charge on any atom is 0.137 e. The lowest BCUT2D eigenvalue weighted by Gasteiger charge is -2.07. The third kappa shape index (κ3) is 1.12. The molecule has 1 aliphatic heterocycles. The van der Waals surface area contributed by atoms with Crippen molar-refractivity contribution in [3.63, 3.8) is 0 Å². The molecule has 64 valence electrons. The van der Waals surface area contributed by atoms with E-state index in [-0.39, 0.29) is 0 Å². The molecule has 2 atom stereocenters. The molecule has 2 unspecified atom stereocenters. The summed E-state index contributed by atoms with van der Waals surface area (Å²) in [5, 5.41) is 2.23. The van der Waals surface area contributed by atoms with Gasteiger partial charge in [0.2, 0.25) is 0 Å². The zero-order valence-corrected chi connectivity index (χ0v) is 8.49. The standard InChI is InChI=1S/C8H9ClN2S/c1-4-5(2)12-8-6(4)7(9)10-3-11-8/h3-5H,1-2H3. The molecule has 1 aromatic heterocycles. The van der Waals surface area contributed by atoms with E-state index in [1.807, 2.05) is 0 Å². The summed E-state index contributed by atoms with van der Waals surface area (Å²) in [6, 6.07) is 0. The molecule has 0 aliphatic carbocycles. The summed E-state index contributed by atoms with van der Waals surface area (Å²) in [4.78, 5) is 8.16. The molecule has 0 radical (unpaired) electrons. The molecule has 0 saturated carbocycles. The minimum atomic E-state index is 0.471. The first-order valence-corrected chi connectivity index (χ1v) is 5.13. The monoisotopic (exact) mass is 200 g/mol. The highest BCUT2D eigenvalue weighted by molar-refractivity contribution is 8.00. The third-order valence-corrected chi connectivity index (χ3v) is 3.89. The van der Waals surface area contributed by atoms with E-state index in [0.29, 0.717) is 16.3 Å². The van der Waals surface area contributed by atoms with Gasteiger partial charge in [-0.3, -0.25) is 0 Å². The zero-order chi connectivity index (χ0) is 8.72. The summed E-state index contributed by atoms with van der Waals surface area (Å²) >= 11 is 7.74. The first kappa shape index (κ1) is 8.32. The third-order valence-electron chi connectivity index (χ3n) is 2.26. The van der Waals surface area contributed by atoms with E-state index < -0.39 is 0 Å². The van der Waals surface area contributed by atoms with Gasteiger partial charge in [-0.05, 0) is 5.92 Å². The Balaban J connectivity index is 2.55. The SMILES string of the molecule is CC1Sc2ncnc(Cl)c2C1C. The van der Waals surface area contributed by atoms with Gasteiger partial charge in [-0.2, -0.15) is 0 Å². The lowest BCUT2D eigenvalue weighted by molar-refractivity contribution is 0.748. The first-order chi connectivity index (χ1) is 5.70. The van der Waals surface area contributed by atoms with Gasteiger partial charge in [0.25, 0.3) is 0 Å². The zero-order valence-electron chi connectivity index (χ0n) is 6.91. The fourth-order valence-electron chi connectivity index (χ4n) is 1.35. The predicted molar refractivity (Wildman–Crippen MR) is 50.8 cm³/mol. The minimum Gasteiger partial charge on any atom is -0.230 e. The molecule has 0 spiro atoms. The maximum absolute atomic E-state index is 5.97. The summed E-state index contributed by atoms with van der Waals surface area (Å²) < 4.78 is 0. The summed E-state index contributed by atoms with van der Waals surface area (Å²) in [7, 11) is 0. The fourth-order valence-corrected chi connectivity index (χ4v) is 2.92. The van der Waals surface area contributed by atoms with Crippen LogP contribution in [0.4, 0.5) is 0 Å². The van der Waals surface area contributed by atoms with Crippen LogP contribution < -0.4 is 0 Å². The highest BCUT2D eigenvalue weighted by Crippen LogP contribution is 2.45. The van der Waals surface area contributed by atoms with E-state index in [2.05, 4.69) is 23.8 Å². The minimum absolute atomic E-state index is 0.471. The van der Waals surface area contributed by atoms with E-state index in [4.69, 9.17) is 11.6 Å². The van der Waals surface area contributed by atoms with Crippen LogP contribution in [0.5, 0.6) is 0 Å². The van der Waals surface area contributed by atoms with Crippen molar-refractivity contribution in [2.24, 2.45) is 0 Å². The summed E-state index contributed by atoms with van der Waals surface area (Å²) in [5.74, 6) is 0.471. The fraction of sp³-hybridized carbons (Fsp3) is 0.500. The average Bonchev–Trinajstić information content (AvgIpc) is 2.29. The number of hydrogen-bond acceptors (Lipinski definition) is 3. The molecular formula is C8H9ClN2S. The predicted octanol–water partition coefficient (Wildman–Crippen LogP) is 2.73. The Morgan fingerprint density at radius 2 is 2.17 bits per heavy atom. The van der Waals surface area contributed by atoms with Gasteiger partial charge in [-0.1, -0.05) is 25.4 Å². The molecule has 2 nitrogen and oxygen atoms in total. The van der Waals surface area contributed by atoms with Crippen LogP contribution in [0.15, 0.2) is 11.4 Å². The van der Waals surface area contributed by atoms with Gasteiger partial charge in [-0.15, -0.1) is 11.8 Å². The van der Waals surface area contributed by atoms with Crippen LogP contribution in [-0.4, -0.2) is 15.2 Å². The van der Waals surface area contributed by atoms with E-state index in [1.165, 1.54) is 6.33 Å². The van der Waals surface area contributed by atoms with E-state index >= 15 is 0 Å². The number of aromatic nitrogens is 2. The van der Waals surface area contributed by atoms with Crippen LogP contribution in [0.1, 0.15) is 25.3 Å². The van der Waals surface area contributed by atoms with Crippen LogP contribution in [0.2, 0.25) is 5.15 Å². The van der Waals surface area contributed by atoms with Gasteiger partial charge in [-0.25, -0.2) is 9.97 Å². The second kappa shape index (κ2) is 2.89. The average molecular weight is 201 g/mol. The van der Waals surface area contributed by atoms with Crippen molar-refractivity contribution in [1.82, 2.24) is 9.97 Å². The van der Waals surface area contributed by atoms with Crippen LogP contribution in [-0.2, 0) is 0 Å². The van der Waals surface area contributed by atoms with Crippen LogP contribution in [0.25, 0.3) is 0 Å². The Kier molecular flexibility index (Phi) is 2.00. The molecule has 2 rings (SSSR count). The van der Waals surface area contributed by atoms with Crippen molar-refractivity contribution in [3.8, 4) is 0 Å². The van der Waals surface area contributed by atoms with Crippen molar-refractivity contribution in [2.75, 3.05) is 0 Å². The molecule has 1 aliphatic rings. The van der Waals surface area contributed by atoms with E-state index in [1.54, 1.807) is 11.8 Å². The normalized spacial score (nSPS) is 27.2. The van der Waals surface area contributed by atoms with Crippen molar-refractivity contribution in [2.45, 2.75) is 30.0 Å². The number of halogens is 1. The van der Waals surface area contributed by atoms with Gasteiger partial charge < -0.3 is 0 Å². The van der Waals surface area contributed by atoms with Gasteiger partial charge in [0, 0.05) is 10.8 Å². The number of hydrogen-bond donors (Lipinski definition) is 0. The molecule has 12 heavy (non-hydrogen) atoms. The molecule has 0 fully saturated rings. The molecule has 2 heterocycles. The molecule has 0 bridgehead atoms. The van der Waals surface area contributed by atoms with Crippen molar-refractivity contribution < 1.29 is 0 Å². The van der Waals surface area contributed by atoms with Crippen molar-refractivity contribution in [3.05, 3.63) is 17.0 Å². The summed E-state index contributed by atoms with van der Waals surface area (Å²) in [5.41, 5.74) is 1.12. The van der Waals surface area contributed by atoms with E-state index in [0.717, 1.165) is 10.6 Å².